The van der Waals surface area contributed by atoms with Crippen molar-refractivity contribution in [2.45, 2.75) is 23.8 Å². The van der Waals surface area contributed by atoms with E-state index < -0.39 is 10.0 Å². The van der Waals surface area contributed by atoms with Gasteiger partial charge in [-0.05, 0) is 32.0 Å². The first kappa shape index (κ1) is 12.6. The molecule has 102 valence electrons. The summed E-state index contributed by atoms with van der Waals surface area (Å²) in [6, 6.07) is 7.65. The summed E-state index contributed by atoms with van der Waals surface area (Å²) in [6.07, 6.45) is 2.53. The summed E-state index contributed by atoms with van der Waals surface area (Å²) in [5.74, 6) is 0.472. The van der Waals surface area contributed by atoms with Gasteiger partial charge >= 0.3 is 0 Å². The first-order chi connectivity index (χ1) is 9.08. The van der Waals surface area contributed by atoms with Crippen molar-refractivity contribution in [3.8, 4) is 0 Å². The molecule has 0 bridgehead atoms. The van der Waals surface area contributed by atoms with Crippen molar-refractivity contribution < 1.29 is 8.42 Å². The molecule has 1 fully saturated rings. The van der Waals surface area contributed by atoms with Crippen LogP contribution in [0.1, 0.15) is 18.4 Å². The number of hydrogen-bond donors (Lipinski definition) is 1. The molecule has 3 rings (SSSR count). The van der Waals surface area contributed by atoms with Gasteiger partial charge in [0.2, 0.25) is 0 Å². The van der Waals surface area contributed by atoms with Crippen LogP contribution in [0, 0.1) is 0 Å². The smallest absolute Gasteiger partial charge is 0.263 e. The molecule has 1 aromatic carbocycles. The van der Waals surface area contributed by atoms with Crippen LogP contribution >= 0.6 is 0 Å². The number of aliphatic imine (C=N–C) groups is 1. The second-order valence-corrected chi connectivity index (χ2v) is 6.69. The zero-order valence-corrected chi connectivity index (χ0v) is 11.7. The van der Waals surface area contributed by atoms with Crippen molar-refractivity contribution in [1.29, 1.82) is 0 Å². The zero-order chi connectivity index (χ0) is 13.5. The molecule has 1 saturated carbocycles. The Bertz CT molecular complexity index is 621. The van der Waals surface area contributed by atoms with E-state index in [-0.39, 0.29) is 0 Å². The van der Waals surface area contributed by atoms with Gasteiger partial charge in [-0.3, -0.25) is 9.71 Å². The molecular weight excluding hydrogens is 262 g/mol. The summed E-state index contributed by atoms with van der Waals surface area (Å²) in [5.41, 5.74) is 0.677. The second-order valence-electron chi connectivity index (χ2n) is 5.04. The highest BCUT2D eigenvalue weighted by Gasteiger charge is 2.30. The van der Waals surface area contributed by atoms with E-state index in [1.54, 1.807) is 18.2 Å². The van der Waals surface area contributed by atoms with Crippen LogP contribution in [0.4, 0.5) is 0 Å². The van der Waals surface area contributed by atoms with Crippen molar-refractivity contribution in [3.05, 3.63) is 29.8 Å². The van der Waals surface area contributed by atoms with E-state index in [9.17, 15) is 8.42 Å². The quantitative estimate of drug-likeness (QED) is 0.887. The summed E-state index contributed by atoms with van der Waals surface area (Å²) in [6.45, 7) is 1.47. The monoisotopic (exact) mass is 279 g/mol. The first-order valence-corrected chi connectivity index (χ1v) is 7.93. The molecule has 1 N–H and O–H groups in total. The average molecular weight is 279 g/mol. The molecule has 0 unspecified atom stereocenters. The third-order valence-electron chi connectivity index (χ3n) is 3.56. The lowest BCUT2D eigenvalue weighted by Gasteiger charge is -2.13. The Kier molecular flexibility index (Phi) is 3.06. The van der Waals surface area contributed by atoms with Crippen molar-refractivity contribution in [2.75, 3.05) is 20.1 Å². The van der Waals surface area contributed by atoms with Gasteiger partial charge in [0.05, 0.1) is 11.4 Å². The number of amidine groups is 1. The predicted octanol–water partition coefficient (Wildman–Crippen LogP) is 0.819. The van der Waals surface area contributed by atoms with Crippen molar-refractivity contribution in [3.63, 3.8) is 0 Å². The topological polar surface area (TPSA) is 61.8 Å². The van der Waals surface area contributed by atoms with E-state index in [0.717, 1.165) is 6.54 Å². The Morgan fingerprint density at radius 3 is 2.84 bits per heavy atom. The van der Waals surface area contributed by atoms with E-state index >= 15 is 0 Å². The number of benzene rings is 1. The number of sulfonamides is 1. The van der Waals surface area contributed by atoms with Crippen molar-refractivity contribution in [2.24, 2.45) is 4.99 Å². The van der Waals surface area contributed by atoms with Crippen molar-refractivity contribution >= 4 is 15.9 Å². The molecule has 1 aliphatic carbocycles. The third-order valence-corrected chi connectivity index (χ3v) is 4.95. The highest BCUT2D eigenvalue weighted by molar-refractivity contribution is 7.90. The third kappa shape index (κ3) is 2.50. The molecule has 0 aromatic heterocycles. The molecule has 19 heavy (non-hydrogen) atoms. The van der Waals surface area contributed by atoms with Crippen LogP contribution in [-0.4, -0.2) is 45.3 Å². The molecule has 0 radical (unpaired) electrons. The van der Waals surface area contributed by atoms with Gasteiger partial charge in [-0.15, -0.1) is 0 Å². The minimum atomic E-state index is -3.40. The Balaban J connectivity index is 1.75. The van der Waals surface area contributed by atoms with Crippen LogP contribution in [0.3, 0.4) is 0 Å². The van der Waals surface area contributed by atoms with Crippen LogP contribution < -0.4 is 4.72 Å². The van der Waals surface area contributed by atoms with Crippen LogP contribution in [0.25, 0.3) is 0 Å². The number of hydrogen-bond acceptors (Lipinski definition) is 4. The van der Waals surface area contributed by atoms with Gasteiger partial charge in [0.15, 0.2) is 0 Å². The van der Waals surface area contributed by atoms with E-state index in [0.29, 0.717) is 28.9 Å². The maximum atomic E-state index is 11.9. The van der Waals surface area contributed by atoms with Crippen LogP contribution in [0.5, 0.6) is 0 Å². The molecule has 1 aromatic rings. The average Bonchev–Trinajstić information content (AvgIpc) is 3.18. The largest absolute Gasteiger partial charge is 0.302 e. The number of nitrogens with zero attached hydrogens (tertiary/aromatic N) is 2. The maximum absolute atomic E-state index is 11.9. The molecule has 6 heteroatoms. The standard InChI is InChI=1S/C13H17N3O2S/c1-16(10-6-7-10)9-8-14-13-11-4-2-3-5-12(11)19(17,18)15-13/h2-5,10H,6-9H2,1H3,(H,14,15). The Labute approximate surface area is 113 Å². The van der Waals surface area contributed by atoms with Crippen molar-refractivity contribution in [1.82, 2.24) is 9.62 Å². The molecule has 0 atom stereocenters. The lowest BCUT2D eigenvalue weighted by Crippen LogP contribution is -2.26. The van der Waals surface area contributed by atoms with Crippen LogP contribution in [0.2, 0.25) is 0 Å². The van der Waals surface area contributed by atoms with Gasteiger partial charge in [0.1, 0.15) is 5.84 Å². The highest BCUT2D eigenvalue weighted by atomic mass is 32.2. The van der Waals surface area contributed by atoms with Gasteiger partial charge in [-0.1, -0.05) is 12.1 Å². The fourth-order valence-corrected chi connectivity index (χ4v) is 3.52. The number of rotatable bonds is 4. The number of nitrogens with one attached hydrogen (secondary N) is 1. The minimum absolute atomic E-state index is 0.323. The minimum Gasteiger partial charge on any atom is -0.302 e. The summed E-state index contributed by atoms with van der Waals surface area (Å²) in [4.78, 5) is 7.00. The molecule has 5 nitrogen and oxygen atoms in total. The molecule has 2 aliphatic rings. The number of likely N-dealkylation sites (N-methyl/N-ethyl adjacent to an activating group) is 1. The van der Waals surface area contributed by atoms with E-state index in [2.05, 4.69) is 21.7 Å². The van der Waals surface area contributed by atoms with E-state index in [1.807, 2.05) is 6.07 Å². The highest BCUT2D eigenvalue weighted by Crippen LogP contribution is 2.25. The number of fused-ring (bicyclic) bond motifs is 1. The summed E-state index contributed by atoms with van der Waals surface area (Å²) >= 11 is 0. The van der Waals surface area contributed by atoms with Crippen LogP contribution in [0.15, 0.2) is 34.2 Å². The Morgan fingerprint density at radius 2 is 2.11 bits per heavy atom. The summed E-state index contributed by atoms with van der Waals surface area (Å²) in [5, 5.41) is 0. The SMILES string of the molecule is CN(CCN=C1NS(=O)(=O)c2ccccc21)C1CC1. The van der Waals surface area contributed by atoms with Gasteiger partial charge in [-0.2, -0.15) is 0 Å². The summed E-state index contributed by atoms with van der Waals surface area (Å²) < 4.78 is 26.3. The van der Waals surface area contributed by atoms with Gasteiger partial charge in [0.25, 0.3) is 10.0 Å². The normalized spacial score (nSPS) is 22.5. The fourth-order valence-electron chi connectivity index (χ4n) is 2.27. The maximum Gasteiger partial charge on any atom is 0.263 e. The lowest BCUT2D eigenvalue weighted by atomic mass is 10.2. The van der Waals surface area contributed by atoms with Gasteiger partial charge in [0, 0.05) is 18.2 Å². The van der Waals surface area contributed by atoms with Crippen LogP contribution in [-0.2, 0) is 10.0 Å². The molecular formula is C13H17N3O2S. The molecule has 0 amide bonds. The summed E-state index contributed by atoms with van der Waals surface area (Å²) in [7, 11) is -1.32. The lowest BCUT2D eigenvalue weighted by molar-refractivity contribution is 0.334. The van der Waals surface area contributed by atoms with Gasteiger partial charge < -0.3 is 4.90 Å². The fraction of sp³-hybridized carbons (Fsp3) is 0.462. The molecule has 1 aliphatic heterocycles. The predicted molar refractivity (Wildman–Crippen MR) is 73.8 cm³/mol. The molecule has 1 heterocycles. The first-order valence-electron chi connectivity index (χ1n) is 6.45. The zero-order valence-electron chi connectivity index (χ0n) is 10.8. The second kappa shape index (κ2) is 4.61. The Morgan fingerprint density at radius 1 is 1.37 bits per heavy atom. The van der Waals surface area contributed by atoms with E-state index in [1.165, 1.54) is 12.8 Å². The van der Waals surface area contributed by atoms with E-state index in [4.69, 9.17) is 0 Å². The molecule has 0 saturated heterocycles. The van der Waals surface area contributed by atoms with Gasteiger partial charge in [-0.25, -0.2) is 8.42 Å². The molecule has 0 spiro atoms. The Hall–Kier alpha value is -1.40.